The van der Waals surface area contributed by atoms with Gasteiger partial charge in [-0.25, -0.2) is 0 Å². The second-order valence-electron chi connectivity index (χ2n) is 17.9. The van der Waals surface area contributed by atoms with E-state index in [0.29, 0.717) is 16.9 Å². The highest BCUT2D eigenvalue weighted by Crippen LogP contribution is 2.42. The van der Waals surface area contributed by atoms with Crippen LogP contribution in [0.1, 0.15) is 31.2 Å². The van der Waals surface area contributed by atoms with Crippen molar-refractivity contribution in [3.8, 4) is 11.5 Å². The minimum absolute atomic E-state index is 0.0338. The summed E-state index contributed by atoms with van der Waals surface area (Å²) in [5.74, 6) is 0.0680. The van der Waals surface area contributed by atoms with Crippen LogP contribution in [0.2, 0.25) is 0 Å². The van der Waals surface area contributed by atoms with E-state index in [1.165, 1.54) is 11.4 Å². The molecule has 3 aromatic rings. The molecule has 0 radical (unpaired) electrons. The SMILES string of the molecule is Cc1c(O)c(Nc2ccc(N(CCCN(C)C)CCC[N+](C)(C)C)cc2)cc(Nc2ccc(N(CCC[N+](C)(C)C)CCC[N+](C)(C)C)cc2)c1O. The van der Waals surface area contributed by atoms with E-state index in [-0.39, 0.29) is 11.5 Å². The van der Waals surface area contributed by atoms with Crippen molar-refractivity contribution in [2.75, 3.05) is 150 Å². The number of rotatable bonds is 22. The van der Waals surface area contributed by atoms with Crippen molar-refractivity contribution in [3.05, 3.63) is 60.2 Å². The minimum atomic E-state index is 0.0338. The maximum Gasteiger partial charge on any atom is 0.145 e. The summed E-state index contributed by atoms with van der Waals surface area (Å²) < 4.78 is 2.88. The lowest BCUT2D eigenvalue weighted by Crippen LogP contribution is -2.39. The van der Waals surface area contributed by atoms with Crippen molar-refractivity contribution >= 4 is 34.1 Å². The molecule has 0 amide bonds. The van der Waals surface area contributed by atoms with Gasteiger partial charge in [-0.05, 0) is 88.6 Å². The number of phenolic OH excluding ortho intramolecular Hbond substituents is 2. The summed E-state index contributed by atoms with van der Waals surface area (Å²) in [6.45, 7) is 10.2. The maximum atomic E-state index is 11.1. The van der Waals surface area contributed by atoms with Gasteiger partial charge in [-0.15, -0.1) is 0 Å². The lowest BCUT2D eigenvalue weighted by Gasteiger charge is -2.30. The van der Waals surface area contributed by atoms with E-state index in [1.54, 1.807) is 13.0 Å². The van der Waals surface area contributed by atoms with Gasteiger partial charge in [-0.2, -0.15) is 0 Å². The smallest absolute Gasteiger partial charge is 0.145 e. The van der Waals surface area contributed by atoms with Crippen LogP contribution in [0.3, 0.4) is 0 Å². The molecule has 10 nitrogen and oxygen atoms in total. The Morgan fingerprint density at radius 1 is 0.500 bits per heavy atom. The second kappa shape index (κ2) is 18.9. The monoisotopic (exact) mass is 722 g/mol. The van der Waals surface area contributed by atoms with E-state index < -0.39 is 0 Å². The van der Waals surface area contributed by atoms with Crippen molar-refractivity contribution in [1.82, 2.24) is 4.90 Å². The largest absolute Gasteiger partial charge is 0.505 e. The highest BCUT2D eigenvalue weighted by molar-refractivity contribution is 5.80. The van der Waals surface area contributed by atoms with Crippen molar-refractivity contribution in [2.24, 2.45) is 0 Å². The molecule has 4 N–H and O–H groups in total. The summed E-state index contributed by atoms with van der Waals surface area (Å²) in [6, 6.07) is 18.7. The normalized spacial score (nSPS) is 12.3. The average Bonchev–Trinajstić information content (AvgIpc) is 3.03. The lowest BCUT2D eigenvalue weighted by atomic mass is 10.1. The fraction of sp³-hybridized carbons (Fsp3) is 0.571. The Morgan fingerprint density at radius 2 is 0.827 bits per heavy atom. The van der Waals surface area contributed by atoms with Crippen LogP contribution in [0, 0.1) is 6.92 Å². The van der Waals surface area contributed by atoms with Gasteiger partial charge in [0.2, 0.25) is 0 Å². The van der Waals surface area contributed by atoms with Crippen molar-refractivity contribution in [2.45, 2.75) is 32.6 Å². The van der Waals surface area contributed by atoms with Gasteiger partial charge in [0, 0.05) is 73.8 Å². The predicted molar refractivity (Wildman–Crippen MR) is 224 cm³/mol. The topological polar surface area (TPSA) is 74.2 Å². The third kappa shape index (κ3) is 15.1. The molecule has 0 aliphatic rings. The highest BCUT2D eigenvalue weighted by Gasteiger charge is 2.17. The highest BCUT2D eigenvalue weighted by atomic mass is 16.3. The number of benzene rings is 3. The molecule has 0 saturated heterocycles. The maximum absolute atomic E-state index is 11.1. The van der Waals surface area contributed by atoms with E-state index in [4.69, 9.17) is 0 Å². The first-order valence-corrected chi connectivity index (χ1v) is 19.1. The van der Waals surface area contributed by atoms with E-state index in [9.17, 15) is 10.2 Å². The van der Waals surface area contributed by atoms with Crippen LogP contribution >= 0.6 is 0 Å². The summed E-state index contributed by atoms with van der Waals surface area (Å²) in [6.07, 6.45) is 4.47. The van der Waals surface area contributed by atoms with Crippen molar-refractivity contribution < 1.29 is 23.7 Å². The van der Waals surface area contributed by atoms with Gasteiger partial charge in [-0.1, -0.05) is 0 Å². The van der Waals surface area contributed by atoms with Gasteiger partial charge < -0.3 is 49.0 Å². The van der Waals surface area contributed by atoms with E-state index >= 15 is 0 Å². The number of nitrogens with one attached hydrogen (secondary N) is 2. The quantitative estimate of drug-likeness (QED) is 0.0520. The molecule has 3 aromatic carbocycles. The second-order valence-corrected chi connectivity index (χ2v) is 17.9. The fourth-order valence-electron chi connectivity index (χ4n) is 6.34. The van der Waals surface area contributed by atoms with Gasteiger partial charge in [0.05, 0.1) is 94.4 Å². The Kier molecular flexibility index (Phi) is 15.5. The van der Waals surface area contributed by atoms with E-state index in [2.05, 4.69) is 151 Å². The number of hydrogen-bond donors (Lipinski definition) is 4. The Hall–Kier alpha value is -3.70. The molecule has 0 atom stereocenters. The third-order valence-electron chi connectivity index (χ3n) is 9.34. The Labute approximate surface area is 316 Å². The number of anilines is 6. The number of aromatic hydroxyl groups is 2. The predicted octanol–water partition coefficient (Wildman–Crippen LogP) is 6.75. The molecule has 0 saturated carbocycles. The molecule has 52 heavy (non-hydrogen) atoms. The molecular formula is C42H73N8O2+3. The summed E-state index contributed by atoms with van der Waals surface area (Å²) in [7, 11) is 24.5. The number of hydrogen-bond acceptors (Lipinski definition) is 7. The fourth-order valence-corrected chi connectivity index (χ4v) is 6.34. The molecule has 10 heteroatoms. The molecule has 3 rings (SSSR count). The van der Waals surface area contributed by atoms with E-state index in [0.717, 1.165) is 103 Å². The molecule has 0 aliphatic heterocycles. The van der Waals surface area contributed by atoms with Gasteiger partial charge in [0.15, 0.2) is 0 Å². The zero-order chi connectivity index (χ0) is 38.7. The Morgan fingerprint density at radius 3 is 1.13 bits per heavy atom. The summed E-state index contributed by atoms with van der Waals surface area (Å²) in [5.41, 5.74) is 5.64. The Balaban J connectivity index is 1.75. The molecule has 0 bridgehead atoms. The molecule has 0 spiro atoms. The minimum Gasteiger partial charge on any atom is -0.505 e. The van der Waals surface area contributed by atoms with Crippen LogP contribution in [0.4, 0.5) is 34.1 Å². The summed E-state index contributed by atoms with van der Waals surface area (Å²) in [5, 5.41) is 28.9. The van der Waals surface area contributed by atoms with E-state index in [1.807, 2.05) is 0 Å². The zero-order valence-electron chi connectivity index (χ0n) is 34.8. The van der Waals surface area contributed by atoms with Crippen LogP contribution < -0.4 is 20.4 Å². The molecule has 0 fully saturated rings. The molecular weight excluding hydrogens is 649 g/mol. The molecule has 0 aliphatic carbocycles. The summed E-state index contributed by atoms with van der Waals surface area (Å²) in [4.78, 5) is 7.22. The van der Waals surface area contributed by atoms with Crippen LogP contribution in [-0.4, -0.2) is 158 Å². The van der Waals surface area contributed by atoms with Gasteiger partial charge in [0.25, 0.3) is 0 Å². The number of quaternary nitrogens is 3. The Bertz CT molecular complexity index is 1480. The first-order chi connectivity index (χ1) is 24.2. The molecule has 0 heterocycles. The van der Waals surface area contributed by atoms with Crippen molar-refractivity contribution in [1.29, 1.82) is 0 Å². The summed E-state index contributed by atoms with van der Waals surface area (Å²) >= 11 is 0. The lowest BCUT2D eigenvalue weighted by molar-refractivity contribution is -0.870. The van der Waals surface area contributed by atoms with Gasteiger partial charge in [-0.3, -0.25) is 0 Å². The van der Waals surface area contributed by atoms with Gasteiger partial charge in [0.1, 0.15) is 11.5 Å². The van der Waals surface area contributed by atoms with Gasteiger partial charge >= 0.3 is 0 Å². The number of phenols is 2. The first kappa shape index (κ1) is 42.7. The average molecular weight is 722 g/mol. The number of nitrogens with zero attached hydrogens (tertiary/aromatic N) is 6. The standard InChI is InChI=1S/C42H71N8O2/c1-34-41(51)39(43-35-17-21-37(22-18-35)46(26-13-25-45(2)3)27-14-30-48(4,5)6)33-40(42(34)52)44-36-19-23-38(24-20-36)47(28-15-31-49(7,8)9)29-16-32-50(10,11)12/h17-24,33,43-44H,13-16,25-32H2,1-12H3/q+1/p+2. The van der Waals surface area contributed by atoms with Crippen LogP contribution in [0.5, 0.6) is 11.5 Å². The molecule has 0 unspecified atom stereocenters. The van der Waals surface area contributed by atoms with Crippen LogP contribution in [-0.2, 0) is 0 Å². The molecule has 290 valence electrons. The van der Waals surface area contributed by atoms with Crippen LogP contribution in [0.15, 0.2) is 54.6 Å². The zero-order valence-corrected chi connectivity index (χ0v) is 34.8. The first-order valence-electron chi connectivity index (χ1n) is 19.1. The molecule has 0 aromatic heterocycles. The van der Waals surface area contributed by atoms with Crippen LogP contribution in [0.25, 0.3) is 0 Å². The third-order valence-corrected chi connectivity index (χ3v) is 9.34. The van der Waals surface area contributed by atoms with Crippen molar-refractivity contribution in [3.63, 3.8) is 0 Å².